The van der Waals surface area contributed by atoms with Gasteiger partial charge < -0.3 is 20.1 Å². The van der Waals surface area contributed by atoms with Gasteiger partial charge in [0.2, 0.25) is 6.79 Å². The number of hydrogen-bond acceptors (Lipinski definition) is 6. The number of benzene rings is 2. The average Bonchev–Trinajstić information content (AvgIpc) is 3.33. The number of hydrogen-bond donors (Lipinski definition) is 2. The van der Waals surface area contributed by atoms with Gasteiger partial charge in [-0.3, -0.25) is 9.69 Å². The predicted octanol–water partition coefficient (Wildman–Crippen LogP) is 3.82. The maximum absolute atomic E-state index is 12.8. The number of fused-ring (bicyclic) bond motifs is 1. The third-order valence-corrected chi connectivity index (χ3v) is 6.06. The van der Waals surface area contributed by atoms with E-state index >= 15 is 0 Å². The van der Waals surface area contributed by atoms with E-state index in [-0.39, 0.29) is 18.7 Å². The second kappa shape index (κ2) is 9.92. The molecule has 1 saturated heterocycles. The van der Waals surface area contributed by atoms with Crippen LogP contribution in [0.25, 0.3) is 0 Å². The van der Waals surface area contributed by atoms with Crippen LogP contribution in [0.3, 0.4) is 0 Å². The maximum atomic E-state index is 12.8. The van der Waals surface area contributed by atoms with Gasteiger partial charge in [0, 0.05) is 32.2 Å². The van der Waals surface area contributed by atoms with Crippen LogP contribution in [-0.2, 0) is 13.1 Å². The molecule has 0 spiro atoms. The molecule has 0 aliphatic carbocycles. The maximum Gasteiger partial charge on any atom is 0.270 e. The molecule has 0 unspecified atom stereocenters. The number of aromatic nitrogens is 1. The summed E-state index contributed by atoms with van der Waals surface area (Å²) in [4.78, 5) is 19.7. The van der Waals surface area contributed by atoms with Gasteiger partial charge in [0.25, 0.3) is 5.91 Å². The largest absolute Gasteiger partial charge is 0.454 e. The first kappa shape index (κ1) is 21.3. The van der Waals surface area contributed by atoms with E-state index in [1.54, 1.807) is 6.07 Å². The molecule has 3 heterocycles. The van der Waals surface area contributed by atoms with Crippen molar-refractivity contribution in [3.05, 3.63) is 83.6 Å². The molecule has 0 atom stereocenters. The van der Waals surface area contributed by atoms with Crippen molar-refractivity contribution in [2.75, 3.05) is 25.2 Å². The monoisotopic (exact) mass is 444 g/mol. The highest BCUT2D eigenvalue weighted by atomic mass is 16.7. The lowest BCUT2D eigenvalue weighted by molar-refractivity contribution is 0.0904. The van der Waals surface area contributed by atoms with Crippen molar-refractivity contribution in [3.63, 3.8) is 0 Å². The molecule has 7 nitrogen and oxygen atoms in total. The Labute approximate surface area is 193 Å². The Bertz CT molecular complexity index is 1100. The van der Waals surface area contributed by atoms with Crippen molar-refractivity contribution in [2.24, 2.45) is 0 Å². The Morgan fingerprint density at radius 1 is 0.939 bits per heavy atom. The molecule has 2 N–H and O–H groups in total. The van der Waals surface area contributed by atoms with E-state index in [2.05, 4.69) is 44.8 Å². The molecule has 7 heteroatoms. The zero-order valence-corrected chi connectivity index (χ0v) is 18.5. The standard InChI is InChI=1S/C26H28N4O3/c31-26(28-21-11-13-30(14-12-21)17-19-5-2-1-3-6-19)22-7-4-8-25(29-22)27-16-20-9-10-23-24(15-20)33-18-32-23/h1-10,15,21H,11-14,16-18H2,(H,27,29)(H,28,31). The summed E-state index contributed by atoms with van der Waals surface area (Å²) in [5.74, 6) is 2.06. The molecule has 1 fully saturated rings. The van der Waals surface area contributed by atoms with Crippen LogP contribution in [0.15, 0.2) is 66.7 Å². The molecule has 0 saturated carbocycles. The summed E-state index contributed by atoms with van der Waals surface area (Å²) in [6.45, 7) is 3.75. The molecule has 5 rings (SSSR count). The van der Waals surface area contributed by atoms with Crippen LogP contribution in [0.1, 0.15) is 34.5 Å². The van der Waals surface area contributed by atoms with Crippen LogP contribution >= 0.6 is 0 Å². The van der Waals surface area contributed by atoms with Gasteiger partial charge in [0.15, 0.2) is 11.5 Å². The number of carbonyl (C=O) groups excluding carboxylic acids is 1. The van der Waals surface area contributed by atoms with Gasteiger partial charge in [-0.05, 0) is 48.2 Å². The topological polar surface area (TPSA) is 75.7 Å². The molecule has 33 heavy (non-hydrogen) atoms. The molecule has 0 bridgehead atoms. The number of anilines is 1. The van der Waals surface area contributed by atoms with E-state index in [1.807, 2.05) is 36.4 Å². The second-order valence-electron chi connectivity index (χ2n) is 8.46. The van der Waals surface area contributed by atoms with Gasteiger partial charge in [-0.2, -0.15) is 0 Å². The molecular formula is C26H28N4O3. The summed E-state index contributed by atoms with van der Waals surface area (Å²) >= 11 is 0. The smallest absolute Gasteiger partial charge is 0.270 e. The first-order chi connectivity index (χ1) is 16.2. The number of nitrogens with one attached hydrogen (secondary N) is 2. The molecule has 1 aromatic heterocycles. The molecular weight excluding hydrogens is 416 g/mol. The Morgan fingerprint density at radius 2 is 1.76 bits per heavy atom. The fraction of sp³-hybridized carbons (Fsp3) is 0.308. The number of likely N-dealkylation sites (tertiary alicyclic amines) is 1. The van der Waals surface area contributed by atoms with E-state index in [1.165, 1.54) is 5.56 Å². The van der Waals surface area contributed by atoms with Crippen molar-refractivity contribution >= 4 is 11.7 Å². The third-order valence-electron chi connectivity index (χ3n) is 6.06. The fourth-order valence-corrected chi connectivity index (χ4v) is 4.24. The highest BCUT2D eigenvalue weighted by Crippen LogP contribution is 2.32. The lowest BCUT2D eigenvalue weighted by atomic mass is 10.0. The summed E-state index contributed by atoms with van der Waals surface area (Å²) in [6, 6.07) is 22.0. The van der Waals surface area contributed by atoms with E-state index in [4.69, 9.17) is 9.47 Å². The van der Waals surface area contributed by atoms with Gasteiger partial charge in [-0.15, -0.1) is 0 Å². The van der Waals surface area contributed by atoms with Crippen molar-refractivity contribution in [1.82, 2.24) is 15.2 Å². The number of nitrogens with zero attached hydrogens (tertiary/aromatic N) is 2. The normalized spacial score (nSPS) is 15.9. The Kier molecular flexibility index (Phi) is 6.39. The number of carbonyl (C=O) groups is 1. The average molecular weight is 445 g/mol. The number of rotatable bonds is 7. The second-order valence-corrected chi connectivity index (χ2v) is 8.46. The van der Waals surface area contributed by atoms with Crippen molar-refractivity contribution < 1.29 is 14.3 Å². The van der Waals surface area contributed by atoms with Gasteiger partial charge in [-0.1, -0.05) is 42.5 Å². The molecule has 2 aliphatic heterocycles. The van der Waals surface area contributed by atoms with Crippen LogP contribution in [0, 0.1) is 0 Å². The van der Waals surface area contributed by atoms with Crippen LogP contribution in [-0.4, -0.2) is 41.7 Å². The lowest BCUT2D eigenvalue weighted by Gasteiger charge is -2.32. The summed E-state index contributed by atoms with van der Waals surface area (Å²) in [6.07, 6.45) is 1.89. The van der Waals surface area contributed by atoms with E-state index in [9.17, 15) is 4.79 Å². The Hall–Kier alpha value is -3.58. The van der Waals surface area contributed by atoms with E-state index in [0.717, 1.165) is 49.5 Å². The van der Waals surface area contributed by atoms with Gasteiger partial charge >= 0.3 is 0 Å². The first-order valence-corrected chi connectivity index (χ1v) is 11.4. The van der Waals surface area contributed by atoms with E-state index < -0.39 is 0 Å². The number of pyridine rings is 1. The van der Waals surface area contributed by atoms with E-state index in [0.29, 0.717) is 18.1 Å². The molecule has 170 valence electrons. The molecule has 2 aromatic carbocycles. The molecule has 2 aliphatic rings. The van der Waals surface area contributed by atoms with Gasteiger partial charge in [0.1, 0.15) is 11.5 Å². The van der Waals surface area contributed by atoms with Gasteiger partial charge in [0.05, 0.1) is 0 Å². The van der Waals surface area contributed by atoms with Crippen LogP contribution in [0.2, 0.25) is 0 Å². The third kappa shape index (κ3) is 5.43. The SMILES string of the molecule is O=C(NC1CCN(Cc2ccccc2)CC1)c1cccc(NCc2ccc3c(c2)OCO3)n1. The van der Waals surface area contributed by atoms with Gasteiger partial charge in [-0.25, -0.2) is 4.98 Å². The van der Waals surface area contributed by atoms with Crippen molar-refractivity contribution in [3.8, 4) is 11.5 Å². The first-order valence-electron chi connectivity index (χ1n) is 11.4. The zero-order chi connectivity index (χ0) is 22.5. The Balaban J connectivity index is 1.11. The number of ether oxygens (including phenoxy) is 2. The minimum absolute atomic E-state index is 0.122. The fourth-order valence-electron chi connectivity index (χ4n) is 4.24. The highest BCUT2D eigenvalue weighted by molar-refractivity contribution is 5.92. The molecule has 0 radical (unpaired) electrons. The minimum atomic E-state index is -0.122. The predicted molar refractivity (Wildman–Crippen MR) is 126 cm³/mol. The van der Waals surface area contributed by atoms with Crippen LogP contribution in [0.4, 0.5) is 5.82 Å². The van der Waals surface area contributed by atoms with Crippen LogP contribution < -0.4 is 20.1 Å². The van der Waals surface area contributed by atoms with Crippen LogP contribution in [0.5, 0.6) is 11.5 Å². The highest BCUT2D eigenvalue weighted by Gasteiger charge is 2.22. The number of amides is 1. The van der Waals surface area contributed by atoms with Crippen molar-refractivity contribution in [2.45, 2.75) is 32.0 Å². The lowest BCUT2D eigenvalue weighted by Crippen LogP contribution is -2.44. The quantitative estimate of drug-likeness (QED) is 0.577. The zero-order valence-electron chi connectivity index (χ0n) is 18.5. The number of piperidine rings is 1. The molecule has 1 amide bonds. The summed E-state index contributed by atoms with van der Waals surface area (Å²) < 4.78 is 10.8. The summed E-state index contributed by atoms with van der Waals surface area (Å²) in [5.41, 5.74) is 2.81. The Morgan fingerprint density at radius 3 is 2.61 bits per heavy atom. The minimum Gasteiger partial charge on any atom is -0.454 e. The summed E-state index contributed by atoms with van der Waals surface area (Å²) in [7, 11) is 0. The summed E-state index contributed by atoms with van der Waals surface area (Å²) in [5, 5.41) is 6.45. The molecule has 3 aromatic rings. The van der Waals surface area contributed by atoms with Crippen molar-refractivity contribution in [1.29, 1.82) is 0 Å².